The number of benzene rings is 1. The van der Waals surface area contributed by atoms with Gasteiger partial charge in [0.15, 0.2) is 0 Å². The maximum Gasteiger partial charge on any atom is 0.130 e. The number of halogens is 2. The second kappa shape index (κ2) is 3.51. The molecule has 72 valence electrons. The summed E-state index contributed by atoms with van der Waals surface area (Å²) >= 11 is 6.69. The van der Waals surface area contributed by atoms with E-state index < -0.39 is 0 Å². The largest absolute Gasteiger partial charge is 0.507 e. The van der Waals surface area contributed by atoms with E-state index in [1.54, 1.807) is 12.1 Å². The van der Waals surface area contributed by atoms with E-state index in [9.17, 15) is 5.11 Å². The van der Waals surface area contributed by atoms with Gasteiger partial charge in [-0.15, -0.1) is 0 Å². The van der Waals surface area contributed by atoms with Crippen molar-refractivity contribution in [2.24, 2.45) is 0 Å². The van der Waals surface area contributed by atoms with Crippen LogP contribution in [0, 0.1) is 6.92 Å². The Labute approximate surface area is 98.2 Å². The first-order valence-electron chi connectivity index (χ1n) is 4.04. The van der Waals surface area contributed by atoms with E-state index in [4.69, 9.17) is 0 Å². The molecule has 0 aliphatic heterocycles. The number of hydrogen-bond donors (Lipinski definition) is 1. The number of phenolic OH excluding ortho intramolecular Hbond substituents is 1. The molecule has 2 nitrogen and oxygen atoms in total. The molecule has 0 amide bonds. The molecule has 0 aliphatic carbocycles. The lowest BCUT2D eigenvalue weighted by atomic mass is 10.1. The number of rotatable bonds is 0. The molecule has 0 radical (unpaired) electrons. The second-order valence-corrected chi connectivity index (χ2v) is 4.66. The maximum absolute atomic E-state index is 9.52. The molecule has 0 saturated heterocycles. The number of aromatic hydroxyl groups is 1. The Bertz CT molecular complexity index is 511. The van der Waals surface area contributed by atoms with E-state index >= 15 is 0 Å². The predicted octanol–water partition coefficient (Wildman–Crippen LogP) is 3.77. The molecule has 4 heteroatoms. The van der Waals surface area contributed by atoms with Gasteiger partial charge in [-0.3, -0.25) is 0 Å². The van der Waals surface area contributed by atoms with E-state index in [1.165, 1.54) is 0 Å². The Kier molecular flexibility index (Phi) is 2.49. The molecular weight excluding hydrogens is 310 g/mol. The highest BCUT2D eigenvalue weighted by Crippen LogP contribution is 2.34. The predicted molar refractivity (Wildman–Crippen MR) is 63.5 cm³/mol. The van der Waals surface area contributed by atoms with Crippen LogP contribution in [0.15, 0.2) is 27.3 Å². The van der Waals surface area contributed by atoms with Crippen LogP contribution in [0.5, 0.6) is 5.75 Å². The molecule has 14 heavy (non-hydrogen) atoms. The van der Waals surface area contributed by atoms with Crippen LogP contribution in [0.25, 0.3) is 10.9 Å². The fourth-order valence-electron chi connectivity index (χ4n) is 1.42. The number of hydrogen-bond acceptors (Lipinski definition) is 2. The first kappa shape index (κ1) is 9.93. The Hall–Kier alpha value is -0.610. The van der Waals surface area contributed by atoms with Gasteiger partial charge in [0.2, 0.25) is 0 Å². The van der Waals surface area contributed by atoms with Gasteiger partial charge >= 0.3 is 0 Å². The lowest BCUT2D eigenvalue weighted by molar-refractivity contribution is 0.473. The summed E-state index contributed by atoms with van der Waals surface area (Å²) in [5, 5.41) is 10.5. The molecule has 1 N–H and O–H groups in total. The average Bonchev–Trinajstić information content (AvgIpc) is 2.10. The molecule has 2 aromatic rings. The van der Waals surface area contributed by atoms with Crippen LogP contribution >= 0.6 is 31.9 Å². The lowest BCUT2D eigenvalue weighted by Gasteiger charge is -2.06. The third-order valence-corrected chi connectivity index (χ3v) is 3.27. The first-order chi connectivity index (χ1) is 6.59. The molecule has 0 fully saturated rings. The average molecular weight is 317 g/mol. The van der Waals surface area contributed by atoms with E-state index in [2.05, 4.69) is 36.8 Å². The number of pyridine rings is 1. The summed E-state index contributed by atoms with van der Waals surface area (Å²) in [6.45, 7) is 1.99. The standard InChI is InChI=1S/C10H7Br2NO/c1-5-4-8(11)13-6-2-3-7(14)10(12)9(5)6/h2-4,14H,1H3. The number of fused-ring (bicyclic) bond motifs is 1. The van der Waals surface area contributed by atoms with Gasteiger partial charge < -0.3 is 5.11 Å². The van der Waals surface area contributed by atoms with Crippen molar-refractivity contribution in [3.8, 4) is 5.75 Å². The minimum atomic E-state index is 0.240. The monoisotopic (exact) mass is 315 g/mol. The van der Waals surface area contributed by atoms with Gasteiger partial charge in [0.25, 0.3) is 0 Å². The Morgan fingerprint density at radius 3 is 2.71 bits per heavy atom. The van der Waals surface area contributed by atoms with Crippen LogP contribution in [0.2, 0.25) is 0 Å². The molecule has 2 rings (SSSR count). The molecular formula is C10H7Br2NO. The number of nitrogens with zero attached hydrogens (tertiary/aromatic N) is 1. The normalized spacial score (nSPS) is 10.8. The van der Waals surface area contributed by atoms with Gasteiger partial charge in [-0.1, -0.05) is 0 Å². The maximum atomic E-state index is 9.52. The zero-order valence-electron chi connectivity index (χ0n) is 7.38. The Morgan fingerprint density at radius 2 is 2.00 bits per heavy atom. The van der Waals surface area contributed by atoms with Crippen LogP contribution in [0.3, 0.4) is 0 Å². The highest BCUT2D eigenvalue weighted by molar-refractivity contribution is 9.11. The van der Waals surface area contributed by atoms with Crippen molar-refractivity contribution >= 4 is 42.8 Å². The quantitative estimate of drug-likeness (QED) is 0.750. The minimum Gasteiger partial charge on any atom is -0.507 e. The smallest absolute Gasteiger partial charge is 0.130 e. The first-order valence-corrected chi connectivity index (χ1v) is 5.62. The van der Waals surface area contributed by atoms with Gasteiger partial charge in [0.1, 0.15) is 10.4 Å². The van der Waals surface area contributed by atoms with E-state index in [-0.39, 0.29) is 5.75 Å². The minimum absolute atomic E-state index is 0.240. The summed E-state index contributed by atoms with van der Waals surface area (Å²) in [5.41, 5.74) is 1.94. The summed E-state index contributed by atoms with van der Waals surface area (Å²) in [7, 11) is 0. The van der Waals surface area contributed by atoms with Gasteiger partial charge in [-0.25, -0.2) is 4.98 Å². The van der Waals surface area contributed by atoms with E-state index in [1.807, 2.05) is 13.0 Å². The van der Waals surface area contributed by atoms with E-state index in [0.29, 0.717) is 4.47 Å². The Balaban J connectivity index is 2.95. The molecule has 1 heterocycles. The van der Waals surface area contributed by atoms with Gasteiger partial charge in [0, 0.05) is 5.39 Å². The number of aryl methyl sites for hydroxylation is 1. The van der Waals surface area contributed by atoms with Crippen molar-refractivity contribution in [1.29, 1.82) is 0 Å². The SMILES string of the molecule is Cc1cc(Br)nc2ccc(O)c(Br)c12. The van der Waals surface area contributed by atoms with Crippen molar-refractivity contribution < 1.29 is 5.11 Å². The van der Waals surface area contributed by atoms with Crippen LogP contribution in [-0.4, -0.2) is 10.1 Å². The molecule has 1 aromatic heterocycles. The molecule has 0 aliphatic rings. The van der Waals surface area contributed by atoms with Crippen molar-refractivity contribution in [2.45, 2.75) is 6.92 Å². The van der Waals surface area contributed by atoms with Crippen LogP contribution < -0.4 is 0 Å². The van der Waals surface area contributed by atoms with Gasteiger partial charge in [-0.2, -0.15) is 0 Å². The van der Waals surface area contributed by atoms with Crippen molar-refractivity contribution in [3.05, 3.63) is 32.8 Å². The number of phenols is 1. The van der Waals surface area contributed by atoms with Gasteiger partial charge in [-0.05, 0) is 62.5 Å². The summed E-state index contributed by atoms with van der Waals surface area (Å²) in [6, 6.07) is 5.35. The van der Waals surface area contributed by atoms with Crippen molar-refractivity contribution in [1.82, 2.24) is 4.98 Å². The fraction of sp³-hybridized carbons (Fsp3) is 0.100. The van der Waals surface area contributed by atoms with Crippen molar-refractivity contribution in [2.75, 3.05) is 0 Å². The summed E-state index contributed by atoms with van der Waals surface area (Å²) < 4.78 is 1.51. The van der Waals surface area contributed by atoms with Crippen LogP contribution in [0.1, 0.15) is 5.56 Å². The van der Waals surface area contributed by atoms with Gasteiger partial charge in [0.05, 0.1) is 9.99 Å². The third kappa shape index (κ3) is 1.53. The summed E-state index contributed by atoms with van der Waals surface area (Å²) in [5.74, 6) is 0.240. The lowest BCUT2D eigenvalue weighted by Crippen LogP contribution is -1.86. The van der Waals surface area contributed by atoms with Crippen molar-refractivity contribution in [3.63, 3.8) is 0 Å². The number of aromatic nitrogens is 1. The highest BCUT2D eigenvalue weighted by Gasteiger charge is 2.08. The molecule has 0 spiro atoms. The molecule has 0 bridgehead atoms. The molecule has 0 saturated carbocycles. The molecule has 0 atom stereocenters. The Morgan fingerprint density at radius 1 is 1.29 bits per heavy atom. The summed E-state index contributed by atoms with van der Waals surface area (Å²) in [6.07, 6.45) is 0. The second-order valence-electron chi connectivity index (χ2n) is 3.05. The topological polar surface area (TPSA) is 33.1 Å². The van der Waals surface area contributed by atoms with E-state index in [0.717, 1.165) is 21.1 Å². The zero-order chi connectivity index (χ0) is 10.3. The van der Waals surface area contributed by atoms with Crippen LogP contribution in [-0.2, 0) is 0 Å². The fourth-order valence-corrected chi connectivity index (χ4v) is 2.60. The van der Waals surface area contributed by atoms with Crippen LogP contribution in [0.4, 0.5) is 0 Å². The molecule has 0 unspecified atom stereocenters. The summed E-state index contributed by atoms with van der Waals surface area (Å²) in [4.78, 5) is 4.31. The third-order valence-electron chi connectivity index (χ3n) is 2.06. The highest BCUT2D eigenvalue weighted by atomic mass is 79.9. The molecule has 1 aromatic carbocycles. The zero-order valence-corrected chi connectivity index (χ0v) is 10.6.